The summed E-state index contributed by atoms with van der Waals surface area (Å²) < 4.78 is 38.5. The van der Waals surface area contributed by atoms with E-state index in [1.807, 2.05) is 0 Å². The van der Waals surface area contributed by atoms with E-state index in [9.17, 15) is 22.8 Å². The molecule has 20 heavy (non-hydrogen) atoms. The zero-order valence-corrected chi connectivity index (χ0v) is 10.8. The highest BCUT2D eigenvalue weighted by molar-refractivity contribution is 7.99. The van der Waals surface area contributed by atoms with Crippen LogP contribution in [0.4, 0.5) is 13.2 Å². The lowest BCUT2D eigenvalue weighted by Gasteiger charge is -2.04. The van der Waals surface area contributed by atoms with Crippen molar-refractivity contribution in [1.29, 1.82) is 0 Å². The molecule has 0 radical (unpaired) electrons. The Balaban J connectivity index is 2.83. The fraction of sp³-hybridized carbons (Fsp3) is 0.300. The Morgan fingerprint density at radius 3 is 2.70 bits per heavy atom. The first kappa shape index (κ1) is 14.4. The average Bonchev–Trinajstić information content (AvgIpc) is 2.67. The van der Waals surface area contributed by atoms with E-state index in [0.29, 0.717) is 16.3 Å². The molecule has 0 aliphatic carbocycles. The van der Waals surface area contributed by atoms with Crippen LogP contribution in [0.25, 0.3) is 5.65 Å². The summed E-state index contributed by atoms with van der Waals surface area (Å²) in [6.07, 6.45) is -4.82. The molecule has 0 unspecified atom stereocenters. The number of nitrogens with one attached hydrogen (secondary N) is 1. The Labute approximate surface area is 113 Å². The van der Waals surface area contributed by atoms with Gasteiger partial charge in [-0.3, -0.25) is 9.89 Å². The number of alkyl halides is 3. The average molecular weight is 307 g/mol. The zero-order valence-electron chi connectivity index (χ0n) is 9.98. The monoisotopic (exact) mass is 307 g/mol. The predicted octanol–water partition coefficient (Wildman–Crippen LogP) is 1.85. The number of carboxylic acid groups (broad SMARTS) is 1. The number of aromatic carboxylic acids is 1. The molecular formula is C10H8F3N3O3S. The Morgan fingerprint density at radius 2 is 2.20 bits per heavy atom. The lowest BCUT2D eigenvalue weighted by atomic mass is 10.3. The molecule has 0 saturated heterocycles. The van der Waals surface area contributed by atoms with Crippen LogP contribution in [-0.2, 0) is 6.18 Å². The molecule has 2 N–H and O–H groups in total. The lowest BCUT2D eigenvalue weighted by molar-refractivity contribution is -0.141. The number of rotatable bonds is 3. The number of aromatic amines is 1. The fourth-order valence-corrected chi connectivity index (χ4v) is 2.37. The van der Waals surface area contributed by atoms with Crippen LogP contribution >= 0.6 is 11.8 Å². The van der Waals surface area contributed by atoms with Crippen LogP contribution in [0.15, 0.2) is 15.9 Å². The highest BCUT2D eigenvalue weighted by Crippen LogP contribution is 2.29. The standard InChI is InChI=1S/C10H8F3N3O3S/c1-2-20-8-6(9(18)19)7-14-4(10(11,12)13)3-5(17)16(7)15-8/h3,15H,2H2,1H3,(H,18,19). The van der Waals surface area contributed by atoms with Gasteiger partial charge in [-0.15, -0.1) is 11.8 Å². The number of carboxylic acids is 1. The summed E-state index contributed by atoms with van der Waals surface area (Å²) in [5.41, 5.74) is -3.43. The van der Waals surface area contributed by atoms with Gasteiger partial charge in [0.15, 0.2) is 11.3 Å². The van der Waals surface area contributed by atoms with E-state index in [1.54, 1.807) is 6.92 Å². The number of nitrogens with zero attached hydrogens (tertiary/aromatic N) is 2. The van der Waals surface area contributed by atoms with Gasteiger partial charge in [-0.2, -0.15) is 17.7 Å². The van der Waals surface area contributed by atoms with Gasteiger partial charge in [-0.05, 0) is 5.75 Å². The van der Waals surface area contributed by atoms with Gasteiger partial charge in [0.2, 0.25) is 0 Å². The van der Waals surface area contributed by atoms with Gasteiger partial charge in [0, 0.05) is 6.07 Å². The first-order chi connectivity index (χ1) is 9.25. The van der Waals surface area contributed by atoms with Crippen LogP contribution in [0.3, 0.4) is 0 Å². The van der Waals surface area contributed by atoms with Crippen LogP contribution in [0.1, 0.15) is 23.0 Å². The summed E-state index contributed by atoms with van der Waals surface area (Å²) in [7, 11) is 0. The van der Waals surface area contributed by atoms with Gasteiger partial charge in [0.05, 0.1) is 0 Å². The first-order valence-corrected chi connectivity index (χ1v) is 6.33. The second kappa shape index (κ2) is 4.85. The third-order valence-corrected chi connectivity index (χ3v) is 3.25. The van der Waals surface area contributed by atoms with E-state index in [-0.39, 0.29) is 5.03 Å². The van der Waals surface area contributed by atoms with Crippen LogP contribution in [0, 0.1) is 0 Å². The van der Waals surface area contributed by atoms with Gasteiger partial charge in [0.25, 0.3) is 5.56 Å². The van der Waals surface area contributed by atoms with Crippen molar-refractivity contribution in [2.24, 2.45) is 0 Å². The van der Waals surface area contributed by atoms with Crippen molar-refractivity contribution in [1.82, 2.24) is 14.6 Å². The summed E-state index contributed by atoms with van der Waals surface area (Å²) in [5, 5.41) is 11.6. The summed E-state index contributed by atoms with van der Waals surface area (Å²) >= 11 is 1.06. The third-order valence-electron chi connectivity index (χ3n) is 2.38. The van der Waals surface area contributed by atoms with Gasteiger partial charge in [0.1, 0.15) is 10.6 Å². The maximum Gasteiger partial charge on any atom is 0.433 e. The molecule has 2 aromatic rings. The molecule has 0 aliphatic rings. The molecule has 0 bridgehead atoms. The molecule has 0 spiro atoms. The summed E-state index contributed by atoms with van der Waals surface area (Å²) in [5.74, 6) is -0.973. The van der Waals surface area contributed by atoms with Crippen molar-refractivity contribution >= 4 is 23.4 Å². The smallest absolute Gasteiger partial charge is 0.433 e. The maximum absolute atomic E-state index is 12.6. The minimum absolute atomic E-state index is 0.0870. The Bertz CT molecular complexity index is 735. The molecule has 0 aromatic carbocycles. The molecule has 6 nitrogen and oxygen atoms in total. The highest BCUT2D eigenvalue weighted by atomic mass is 32.2. The van der Waals surface area contributed by atoms with Crippen molar-refractivity contribution in [3.63, 3.8) is 0 Å². The van der Waals surface area contributed by atoms with Crippen LogP contribution in [0.5, 0.6) is 0 Å². The van der Waals surface area contributed by atoms with Crippen molar-refractivity contribution in [2.45, 2.75) is 18.1 Å². The van der Waals surface area contributed by atoms with Crippen LogP contribution < -0.4 is 5.56 Å². The number of hydrogen-bond acceptors (Lipinski definition) is 4. The maximum atomic E-state index is 12.6. The first-order valence-electron chi connectivity index (χ1n) is 5.34. The molecule has 10 heteroatoms. The molecular weight excluding hydrogens is 299 g/mol. The molecule has 2 aromatic heterocycles. The molecule has 0 saturated carbocycles. The summed E-state index contributed by atoms with van der Waals surface area (Å²) in [4.78, 5) is 26.0. The Morgan fingerprint density at radius 1 is 1.55 bits per heavy atom. The lowest BCUT2D eigenvalue weighted by Crippen LogP contribution is -2.20. The van der Waals surface area contributed by atoms with E-state index < -0.39 is 34.6 Å². The molecule has 2 heterocycles. The number of H-pyrrole nitrogens is 1. The van der Waals surface area contributed by atoms with Crippen molar-refractivity contribution in [2.75, 3.05) is 5.75 Å². The summed E-state index contributed by atoms with van der Waals surface area (Å²) in [6, 6.07) is 0.315. The second-order valence-corrected chi connectivity index (χ2v) is 4.96. The van der Waals surface area contributed by atoms with E-state index >= 15 is 0 Å². The number of aromatic nitrogens is 3. The molecule has 108 valence electrons. The van der Waals surface area contributed by atoms with Gasteiger partial charge in [-0.25, -0.2) is 9.78 Å². The Kier molecular flexibility index (Phi) is 3.50. The fourth-order valence-electron chi connectivity index (χ4n) is 1.60. The number of hydrogen-bond donors (Lipinski definition) is 2. The third kappa shape index (κ3) is 2.38. The van der Waals surface area contributed by atoms with Gasteiger partial charge in [-0.1, -0.05) is 6.92 Å². The number of halogens is 3. The van der Waals surface area contributed by atoms with Crippen LogP contribution in [-0.4, -0.2) is 31.4 Å². The SMILES string of the molecule is CCSc1[nH]n2c(=O)cc(C(F)(F)F)nc2c1C(=O)O. The minimum Gasteiger partial charge on any atom is -0.477 e. The number of fused-ring (bicyclic) bond motifs is 1. The van der Waals surface area contributed by atoms with Crippen LogP contribution in [0.2, 0.25) is 0 Å². The second-order valence-electron chi connectivity index (χ2n) is 3.69. The molecule has 2 rings (SSSR count). The van der Waals surface area contributed by atoms with Crippen molar-refractivity contribution < 1.29 is 23.1 Å². The van der Waals surface area contributed by atoms with Crippen molar-refractivity contribution in [3.8, 4) is 0 Å². The molecule has 0 atom stereocenters. The largest absolute Gasteiger partial charge is 0.477 e. The minimum atomic E-state index is -4.82. The molecule has 0 amide bonds. The zero-order chi connectivity index (χ0) is 15.1. The van der Waals surface area contributed by atoms with E-state index in [1.165, 1.54) is 0 Å². The van der Waals surface area contributed by atoms with E-state index in [4.69, 9.17) is 5.11 Å². The van der Waals surface area contributed by atoms with E-state index in [2.05, 4.69) is 10.1 Å². The topological polar surface area (TPSA) is 87.5 Å². The van der Waals surface area contributed by atoms with E-state index in [0.717, 1.165) is 11.8 Å². The molecule has 0 fully saturated rings. The Hall–Kier alpha value is -1.97. The van der Waals surface area contributed by atoms with Gasteiger partial charge >= 0.3 is 12.1 Å². The summed E-state index contributed by atoms with van der Waals surface area (Å²) in [6.45, 7) is 1.74. The highest BCUT2D eigenvalue weighted by Gasteiger charge is 2.34. The predicted molar refractivity (Wildman–Crippen MR) is 64.2 cm³/mol. The molecule has 0 aliphatic heterocycles. The number of carbonyl (C=O) groups is 1. The van der Waals surface area contributed by atoms with Crippen molar-refractivity contribution in [3.05, 3.63) is 27.7 Å². The number of thioether (sulfide) groups is 1. The van der Waals surface area contributed by atoms with Gasteiger partial charge < -0.3 is 5.11 Å². The normalized spacial score (nSPS) is 12.0. The quantitative estimate of drug-likeness (QED) is 0.845.